The van der Waals surface area contributed by atoms with Gasteiger partial charge in [-0.3, -0.25) is 4.79 Å². The lowest BCUT2D eigenvalue weighted by Crippen LogP contribution is -2.36. The second kappa shape index (κ2) is 11.3. The Bertz CT molecular complexity index is 474. The summed E-state index contributed by atoms with van der Waals surface area (Å²) < 4.78 is 5.11. The number of hydrogen-bond donors (Lipinski definition) is 2. The van der Waals surface area contributed by atoms with Crippen LogP contribution in [-0.2, 0) is 4.79 Å². The van der Waals surface area contributed by atoms with Gasteiger partial charge in [0.05, 0.1) is 7.11 Å². The SMILES string of the molecule is CNCCC1CCN(CCC(=O)Nc2ccc(OC)cc2)CC1.Cl. The van der Waals surface area contributed by atoms with E-state index in [4.69, 9.17) is 4.74 Å². The normalized spacial score (nSPS) is 15.6. The zero-order valence-electron chi connectivity index (χ0n) is 14.7. The van der Waals surface area contributed by atoms with Crippen molar-refractivity contribution < 1.29 is 9.53 Å². The first-order chi connectivity index (χ1) is 11.2. The Hall–Kier alpha value is -1.30. The van der Waals surface area contributed by atoms with E-state index < -0.39 is 0 Å². The number of methoxy groups -OCH3 is 1. The van der Waals surface area contributed by atoms with Crippen LogP contribution in [0.2, 0.25) is 0 Å². The molecule has 2 N–H and O–H groups in total. The number of benzene rings is 1. The van der Waals surface area contributed by atoms with Gasteiger partial charge in [0.2, 0.25) is 5.91 Å². The Balaban J connectivity index is 0.00000288. The summed E-state index contributed by atoms with van der Waals surface area (Å²) >= 11 is 0. The maximum Gasteiger partial charge on any atom is 0.225 e. The number of nitrogens with zero attached hydrogens (tertiary/aromatic N) is 1. The van der Waals surface area contributed by atoms with Crippen molar-refractivity contribution in [3.8, 4) is 5.75 Å². The third-order valence-corrected chi connectivity index (χ3v) is 4.54. The summed E-state index contributed by atoms with van der Waals surface area (Å²) in [6.45, 7) is 4.18. The van der Waals surface area contributed by atoms with E-state index in [1.54, 1.807) is 7.11 Å². The summed E-state index contributed by atoms with van der Waals surface area (Å²) in [5.74, 6) is 1.71. The average Bonchev–Trinajstić information content (AvgIpc) is 2.59. The standard InChI is InChI=1S/C18H29N3O2.ClH/c1-19-11-7-15-8-12-21(13-9-15)14-10-18(22)20-16-3-5-17(23-2)6-4-16;/h3-6,15,19H,7-14H2,1-2H3,(H,20,22);1H. The molecule has 1 aliphatic rings. The molecule has 136 valence electrons. The predicted molar refractivity (Wildman–Crippen MR) is 101 cm³/mol. The van der Waals surface area contributed by atoms with Gasteiger partial charge in [0, 0.05) is 18.7 Å². The highest BCUT2D eigenvalue weighted by Crippen LogP contribution is 2.20. The largest absolute Gasteiger partial charge is 0.497 e. The molecule has 24 heavy (non-hydrogen) atoms. The first-order valence-electron chi connectivity index (χ1n) is 8.52. The highest BCUT2D eigenvalue weighted by molar-refractivity contribution is 5.90. The summed E-state index contributed by atoms with van der Waals surface area (Å²) in [5, 5.41) is 6.16. The highest BCUT2D eigenvalue weighted by atomic mass is 35.5. The first-order valence-corrected chi connectivity index (χ1v) is 8.52. The first kappa shape index (κ1) is 20.7. The molecular formula is C18H30ClN3O2. The van der Waals surface area contributed by atoms with Crippen molar-refractivity contribution in [1.29, 1.82) is 0 Å². The van der Waals surface area contributed by atoms with Crippen molar-refractivity contribution in [2.24, 2.45) is 5.92 Å². The zero-order valence-corrected chi connectivity index (χ0v) is 15.5. The molecule has 0 radical (unpaired) electrons. The Morgan fingerprint density at radius 1 is 1.25 bits per heavy atom. The van der Waals surface area contributed by atoms with Gasteiger partial charge in [-0.1, -0.05) is 0 Å². The van der Waals surface area contributed by atoms with Crippen molar-refractivity contribution in [1.82, 2.24) is 10.2 Å². The highest BCUT2D eigenvalue weighted by Gasteiger charge is 2.19. The van der Waals surface area contributed by atoms with Gasteiger partial charge in [-0.15, -0.1) is 12.4 Å². The average molecular weight is 356 g/mol. The van der Waals surface area contributed by atoms with E-state index in [1.807, 2.05) is 31.3 Å². The number of nitrogens with one attached hydrogen (secondary N) is 2. The van der Waals surface area contributed by atoms with Gasteiger partial charge in [0.1, 0.15) is 5.75 Å². The smallest absolute Gasteiger partial charge is 0.225 e. The van der Waals surface area contributed by atoms with Crippen molar-refractivity contribution >= 4 is 24.0 Å². The number of piperidine rings is 1. The molecule has 0 saturated carbocycles. The molecule has 0 aromatic heterocycles. The summed E-state index contributed by atoms with van der Waals surface area (Å²) in [6, 6.07) is 7.44. The van der Waals surface area contributed by atoms with Gasteiger partial charge < -0.3 is 20.3 Å². The lowest BCUT2D eigenvalue weighted by Gasteiger charge is -2.31. The summed E-state index contributed by atoms with van der Waals surface area (Å²) in [6.07, 6.45) is 4.32. The molecule has 1 saturated heterocycles. The number of carbonyl (C=O) groups excluding carboxylic acids is 1. The predicted octanol–water partition coefficient (Wildman–Crippen LogP) is 2.77. The van der Waals surface area contributed by atoms with Crippen LogP contribution in [0.1, 0.15) is 25.7 Å². The fraction of sp³-hybridized carbons (Fsp3) is 0.611. The molecule has 1 aromatic carbocycles. The maximum atomic E-state index is 12.0. The van der Waals surface area contributed by atoms with Gasteiger partial charge in [0.15, 0.2) is 0 Å². The van der Waals surface area contributed by atoms with Gasteiger partial charge >= 0.3 is 0 Å². The lowest BCUT2D eigenvalue weighted by atomic mass is 9.93. The molecule has 5 nitrogen and oxygen atoms in total. The van der Waals surface area contributed by atoms with Gasteiger partial charge in [-0.05, 0) is 76.1 Å². The van der Waals surface area contributed by atoms with Crippen molar-refractivity contribution in [3.63, 3.8) is 0 Å². The molecular weight excluding hydrogens is 326 g/mol. The Labute approximate surface area is 151 Å². The number of hydrogen-bond acceptors (Lipinski definition) is 4. The number of halogens is 1. The van der Waals surface area contributed by atoms with Crippen LogP contribution in [-0.4, -0.2) is 51.1 Å². The van der Waals surface area contributed by atoms with E-state index in [9.17, 15) is 4.79 Å². The number of amides is 1. The summed E-state index contributed by atoms with van der Waals surface area (Å²) in [4.78, 5) is 14.4. The third-order valence-electron chi connectivity index (χ3n) is 4.54. The van der Waals surface area contributed by atoms with E-state index in [1.165, 1.54) is 19.3 Å². The Kier molecular flexibility index (Phi) is 9.76. The van der Waals surface area contributed by atoms with Crippen LogP contribution in [0.4, 0.5) is 5.69 Å². The fourth-order valence-electron chi connectivity index (χ4n) is 3.00. The molecule has 6 heteroatoms. The minimum atomic E-state index is 0. The van der Waals surface area contributed by atoms with Crippen LogP contribution in [0.25, 0.3) is 0 Å². The van der Waals surface area contributed by atoms with Gasteiger partial charge in [0.25, 0.3) is 0 Å². The van der Waals surface area contributed by atoms with Crippen LogP contribution >= 0.6 is 12.4 Å². The van der Waals surface area contributed by atoms with Crippen molar-refractivity contribution in [2.45, 2.75) is 25.7 Å². The second-order valence-corrected chi connectivity index (χ2v) is 6.20. The molecule has 1 aromatic rings. The Morgan fingerprint density at radius 2 is 1.92 bits per heavy atom. The van der Waals surface area contributed by atoms with E-state index in [2.05, 4.69) is 15.5 Å². The molecule has 2 rings (SSSR count). The number of ether oxygens (including phenoxy) is 1. The monoisotopic (exact) mass is 355 g/mol. The zero-order chi connectivity index (χ0) is 16.5. The molecule has 0 atom stereocenters. The second-order valence-electron chi connectivity index (χ2n) is 6.20. The topological polar surface area (TPSA) is 53.6 Å². The van der Waals surface area contributed by atoms with E-state index in [-0.39, 0.29) is 18.3 Å². The van der Waals surface area contributed by atoms with Crippen LogP contribution in [0.15, 0.2) is 24.3 Å². The van der Waals surface area contributed by atoms with E-state index in [0.29, 0.717) is 6.42 Å². The Morgan fingerprint density at radius 3 is 2.50 bits per heavy atom. The molecule has 1 fully saturated rings. The van der Waals surface area contributed by atoms with E-state index in [0.717, 1.165) is 43.5 Å². The van der Waals surface area contributed by atoms with Gasteiger partial charge in [-0.2, -0.15) is 0 Å². The van der Waals surface area contributed by atoms with Crippen LogP contribution < -0.4 is 15.4 Å². The van der Waals surface area contributed by atoms with Crippen LogP contribution in [0.5, 0.6) is 5.75 Å². The number of carbonyl (C=O) groups is 1. The molecule has 1 heterocycles. The molecule has 0 aliphatic carbocycles. The number of likely N-dealkylation sites (tertiary alicyclic amines) is 1. The molecule has 1 aliphatic heterocycles. The number of rotatable bonds is 8. The minimum Gasteiger partial charge on any atom is -0.497 e. The molecule has 0 unspecified atom stereocenters. The molecule has 1 amide bonds. The minimum absolute atomic E-state index is 0. The van der Waals surface area contributed by atoms with Crippen LogP contribution in [0, 0.1) is 5.92 Å². The van der Waals surface area contributed by atoms with Crippen LogP contribution in [0.3, 0.4) is 0 Å². The lowest BCUT2D eigenvalue weighted by molar-refractivity contribution is -0.116. The number of anilines is 1. The summed E-state index contributed by atoms with van der Waals surface area (Å²) in [7, 11) is 3.64. The van der Waals surface area contributed by atoms with E-state index >= 15 is 0 Å². The fourth-order valence-corrected chi connectivity index (χ4v) is 3.00. The maximum absolute atomic E-state index is 12.0. The van der Waals surface area contributed by atoms with Gasteiger partial charge in [-0.25, -0.2) is 0 Å². The molecule has 0 bridgehead atoms. The third kappa shape index (κ3) is 7.07. The van der Waals surface area contributed by atoms with Crippen molar-refractivity contribution in [2.75, 3.05) is 45.7 Å². The molecule has 0 spiro atoms. The summed E-state index contributed by atoms with van der Waals surface area (Å²) in [5.41, 5.74) is 0.821. The quantitative estimate of drug-likeness (QED) is 0.753. The van der Waals surface area contributed by atoms with Crippen molar-refractivity contribution in [3.05, 3.63) is 24.3 Å².